The molecule has 23 heavy (non-hydrogen) atoms. The molecule has 1 heterocycles. The van der Waals surface area contributed by atoms with Gasteiger partial charge in [-0.15, -0.1) is 0 Å². The van der Waals surface area contributed by atoms with Crippen LogP contribution in [-0.4, -0.2) is 30.3 Å². The topological polar surface area (TPSA) is 86.5 Å². The van der Waals surface area contributed by atoms with Crippen LogP contribution in [-0.2, 0) is 5.54 Å². The van der Waals surface area contributed by atoms with E-state index < -0.39 is 5.54 Å². The maximum atomic E-state index is 12.6. The molecule has 0 unspecified atom stereocenters. The molecule has 0 aliphatic heterocycles. The molecule has 0 radical (unpaired) electrons. The monoisotopic (exact) mass is 431 g/mol. The second-order valence-corrected chi connectivity index (χ2v) is 6.57. The summed E-state index contributed by atoms with van der Waals surface area (Å²) in [6, 6.07) is 3.40. The van der Waals surface area contributed by atoms with Crippen LogP contribution in [0, 0.1) is 10.5 Å². The normalized spacial score (nSPS) is 11.2. The summed E-state index contributed by atoms with van der Waals surface area (Å²) in [5.74, 6) is 1.66. The average Bonchev–Trinajstić information content (AvgIpc) is 2.93. The minimum absolute atomic E-state index is 0.261. The van der Waals surface area contributed by atoms with Gasteiger partial charge in [-0.2, -0.15) is 4.98 Å². The van der Waals surface area contributed by atoms with Crippen molar-refractivity contribution in [1.29, 1.82) is 0 Å². The molecule has 0 saturated heterocycles. The van der Waals surface area contributed by atoms with E-state index in [2.05, 4.69) is 38.0 Å². The molecular weight excluding hydrogens is 413 g/mol. The lowest BCUT2D eigenvalue weighted by Gasteiger charge is -2.23. The van der Waals surface area contributed by atoms with Crippen molar-refractivity contribution in [3.63, 3.8) is 0 Å². The molecule has 8 heteroatoms. The molecule has 1 amide bonds. The number of benzene rings is 1. The van der Waals surface area contributed by atoms with Gasteiger partial charge in [-0.05, 0) is 48.6 Å². The third kappa shape index (κ3) is 3.74. The predicted molar refractivity (Wildman–Crippen MR) is 91.8 cm³/mol. The lowest BCUT2D eigenvalue weighted by molar-refractivity contribution is 0.0906. The van der Waals surface area contributed by atoms with E-state index in [1.165, 1.54) is 7.11 Å². The fourth-order valence-electron chi connectivity index (χ4n) is 1.99. The van der Waals surface area contributed by atoms with Crippen LogP contribution in [0.5, 0.6) is 11.5 Å². The fourth-order valence-corrected chi connectivity index (χ4v) is 2.67. The number of ether oxygens (including phenoxy) is 2. The van der Waals surface area contributed by atoms with Crippen LogP contribution in [0.4, 0.5) is 0 Å². The molecule has 0 bridgehead atoms. The van der Waals surface area contributed by atoms with Gasteiger partial charge in [-0.25, -0.2) is 0 Å². The number of rotatable bonds is 5. The Morgan fingerprint density at radius 1 is 1.26 bits per heavy atom. The number of methoxy groups -OCH3 is 2. The highest BCUT2D eigenvalue weighted by Crippen LogP contribution is 2.31. The van der Waals surface area contributed by atoms with E-state index in [1.54, 1.807) is 26.2 Å². The van der Waals surface area contributed by atoms with Crippen molar-refractivity contribution < 1.29 is 18.8 Å². The van der Waals surface area contributed by atoms with E-state index in [1.807, 2.05) is 13.8 Å². The highest BCUT2D eigenvalue weighted by molar-refractivity contribution is 14.1. The van der Waals surface area contributed by atoms with Gasteiger partial charge in [0, 0.05) is 10.5 Å². The fraction of sp³-hybridized carbons (Fsp3) is 0.400. The number of hydrogen-bond donors (Lipinski definition) is 1. The number of carbonyl (C=O) groups excluding carboxylic acids is 1. The Kier molecular flexibility index (Phi) is 5.12. The lowest BCUT2D eigenvalue weighted by Crippen LogP contribution is -2.42. The summed E-state index contributed by atoms with van der Waals surface area (Å²) in [4.78, 5) is 16.8. The van der Waals surface area contributed by atoms with Gasteiger partial charge in [-0.1, -0.05) is 5.16 Å². The van der Waals surface area contributed by atoms with Crippen LogP contribution in [0.3, 0.4) is 0 Å². The van der Waals surface area contributed by atoms with E-state index in [0.29, 0.717) is 28.8 Å². The molecule has 0 fully saturated rings. The van der Waals surface area contributed by atoms with E-state index in [4.69, 9.17) is 14.0 Å². The highest BCUT2D eigenvalue weighted by atomic mass is 127. The molecule has 1 aromatic carbocycles. The summed E-state index contributed by atoms with van der Waals surface area (Å²) in [5, 5.41) is 6.78. The zero-order valence-electron chi connectivity index (χ0n) is 13.6. The van der Waals surface area contributed by atoms with Crippen molar-refractivity contribution in [2.24, 2.45) is 0 Å². The van der Waals surface area contributed by atoms with Crippen LogP contribution in [0.2, 0.25) is 0 Å². The minimum Gasteiger partial charge on any atom is -0.493 e. The van der Waals surface area contributed by atoms with Crippen molar-refractivity contribution in [3.8, 4) is 11.5 Å². The molecular formula is C15H18IN3O4. The summed E-state index contributed by atoms with van der Waals surface area (Å²) in [7, 11) is 3.08. The number of amides is 1. The molecule has 2 aromatic rings. The van der Waals surface area contributed by atoms with Gasteiger partial charge < -0.3 is 19.3 Å². The van der Waals surface area contributed by atoms with Crippen LogP contribution < -0.4 is 14.8 Å². The van der Waals surface area contributed by atoms with E-state index >= 15 is 0 Å². The van der Waals surface area contributed by atoms with Crippen LogP contribution >= 0.6 is 22.6 Å². The molecule has 7 nitrogen and oxygen atoms in total. The number of hydrogen-bond acceptors (Lipinski definition) is 6. The van der Waals surface area contributed by atoms with Crippen molar-refractivity contribution in [1.82, 2.24) is 15.5 Å². The second-order valence-electron chi connectivity index (χ2n) is 5.40. The lowest BCUT2D eigenvalue weighted by atomic mass is 10.0. The smallest absolute Gasteiger partial charge is 0.253 e. The van der Waals surface area contributed by atoms with Crippen molar-refractivity contribution in [2.45, 2.75) is 26.3 Å². The molecule has 2 rings (SSSR count). The number of nitrogens with one attached hydrogen (secondary N) is 1. The van der Waals surface area contributed by atoms with Crippen molar-refractivity contribution >= 4 is 28.5 Å². The molecule has 124 valence electrons. The minimum atomic E-state index is -0.773. The van der Waals surface area contributed by atoms with Crippen LogP contribution in [0.25, 0.3) is 0 Å². The number of aryl methyl sites for hydroxylation is 1. The van der Waals surface area contributed by atoms with Crippen LogP contribution in [0.1, 0.15) is 35.9 Å². The third-order valence-electron chi connectivity index (χ3n) is 3.23. The number of halogens is 1. The first-order valence-corrected chi connectivity index (χ1v) is 7.91. The Balaban J connectivity index is 2.30. The average molecular weight is 431 g/mol. The quantitative estimate of drug-likeness (QED) is 0.733. The molecule has 0 atom stereocenters. The predicted octanol–water partition coefficient (Wildman–Crippen LogP) is 2.66. The highest BCUT2D eigenvalue weighted by Gasteiger charge is 2.29. The summed E-state index contributed by atoms with van der Waals surface area (Å²) in [6.07, 6.45) is 0. The van der Waals surface area contributed by atoms with Gasteiger partial charge in [0.25, 0.3) is 5.91 Å². The van der Waals surface area contributed by atoms with Gasteiger partial charge >= 0.3 is 0 Å². The van der Waals surface area contributed by atoms with E-state index in [-0.39, 0.29) is 5.91 Å². The SMILES string of the molecule is COc1cc(I)c(C(=O)NC(C)(C)c2noc(C)n2)cc1OC. The van der Waals surface area contributed by atoms with Crippen molar-refractivity contribution in [3.05, 3.63) is 33.0 Å². The number of carbonyl (C=O) groups is 1. The summed E-state index contributed by atoms with van der Waals surface area (Å²) in [6.45, 7) is 5.32. The maximum Gasteiger partial charge on any atom is 0.253 e. The summed E-state index contributed by atoms with van der Waals surface area (Å²) in [5.41, 5.74) is -0.290. The molecule has 1 aromatic heterocycles. The first-order valence-electron chi connectivity index (χ1n) is 6.83. The van der Waals surface area contributed by atoms with Gasteiger partial charge in [0.15, 0.2) is 17.3 Å². The zero-order valence-corrected chi connectivity index (χ0v) is 15.7. The van der Waals surface area contributed by atoms with Gasteiger partial charge in [0.1, 0.15) is 0 Å². The maximum absolute atomic E-state index is 12.6. The Morgan fingerprint density at radius 3 is 2.39 bits per heavy atom. The third-order valence-corrected chi connectivity index (χ3v) is 4.12. The molecule has 0 saturated carbocycles. The zero-order chi connectivity index (χ0) is 17.2. The van der Waals surface area contributed by atoms with E-state index in [9.17, 15) is 4.79 Å². The number of nitrogens with zero attached hydrogens (tertiary/aromatic N) is 2. The van der Waals surface area contributed by atoms with Gasteiger partial charge in [-0.3, -0.25) is 4.79 Å². The summed E-state index contributed by atoms with van der Waals surface area (Å²) < 4.78 is 16.2. The van der Waals surface area contributed by atoms with Crippen molar-refractivity contribution in [2.75, 3.05) is 14.2 Å². The standard InChI is InChI=1S/C15H18IN3O4/c1-8-17-14(19-23-8)15(2,3)18-13(20)9-6-11(21-4)12(22-5)7-10(9)16/h6-7H,1-5H3,(H,18,20). The molecule has 0 spiro atoms. The second kappa shape index (κ2) is 6.73. The van der Waals surface area contributed by atoms with Gasteiger partial charge in [0.05, 0.1) is 25.3 Å². The number of aromatic nitrogens is 2. The summed E-state index contributed by atoms with van der Waals surface area (Å²) >= 11 is 2.08. The largest absolute Gasteiger partial charge is 0.493 e. The first kappa shape index (κ1) is 17.5. The first-order chi connectivity index (χ1) is 10.8. The molecule has 0 aliphatic carbocycles. The van der Waals surface area contributed by atoms with Crippen LogP contribution in [0.15, 0.2) is 16.7 Å². The Labute approximate surface area is 147 Å². The van der Waals surface area contributed by atoms with E-state index in [0.717, 1.165) is 3.57 Å². The Morgan fingerprint density at radius 2 is 1.87 bits per heavy atom. The molecule has 1 N–H and O–H groups in total. The Bertz CT molecular complexity index is 728. The molecule has 0 aliphatic rings. The Hall–Kier alpha value is -1.84. The van der Waals surface area contributed by atoms with Gasteiger partial charge in [0.2, 0.25) is 5.89 Å².